The number of likely N-dealkylation sites (N-methyl/N-ethyl adjacent to an activating group) is 1. The van der Waals surface area contributed by atoms with Gasteiger partial charge in [0.25, 0.3) is 0 Å². The summed E-state index contributed by atoms with van der Waals surface area (Å²) in [5.74, 6) is 1.35. The zero-order valence-corrected chi connectivity index (χ0v) is 11.0. The molecular weight excluding hydrogens is 230 g/mol. The molecular formula is C13H21N3O2. The standard InChI is InChI=1S/C13H21N3O2/c1-10-7-15(2)12(6-14)13(17)16(8-10)9-11-4-3-5-18-11/h3-5,10,12H,6-9,14H2,1-2H3. The van der Waals surface area contributed by atoms with Gasteiger partial charge in [0.2, 0.25) is 5.91 Å². The summed E-state index contributed by atoms with van der Waals surface area (Å²) in [7, 11) is 1.96. The van der Waals surface area contributed by atoms with Gasteiger partial charge in [0, 0.05) is 19.6 Å². The van der Waals surface area contributed by atoms with E-state index in [0.29, 0.717) is 19.0 Å². The van der Waals surface area contributed by atoms with E-state index >= 15 is 0 Å². The van der Waals surface area contributed by atoms with Crippen LogP contribution in [0.4, 0.5) is 0 Å². The number of hydrogen-bond acceptors (Lipinski definition) is 4. The second-order valence-electron chi connectivity index (χ2n) is 5.09. The average Bonchev–Trinajstić information content (AvgIpc) is 2.78. The van der Waals surface area contributed by atoms with Crippen molar-refractivity contribution < 1.29 is 9.21 Å². The minimum absolute atomic E-state index is 0.0979. The van der Waals surface area contributed by atoms with Crippen LogP contribution in [0, 0.1) is 5.92 Å². The molecule has 0 saturated carbocycles. The highest BCUT2D eigenvalue weighted by atomic mass is 16.3. The van der Waals surface area contributed by atoms with Crippen molar-refractivity contribution in [3.8, 4) is 0 Å². The number of rotatable bonds is 3. The van der Waals surface area contributed by atoms with E-state index in [1.165, 1.54) is 0 Å². The first kappa shape index (κ1) is 13.1. The van der Waals surface area contributed by atoms with E-state index < -0.39 is 0 Å². The van der Waals surface area contributed by atoms with Crippen LogP contribution < -0.4 is 5.73 Å². The van der Waals surface area contributed by atoms with Crippen LogP contribution in [0.25, 0.3) is 0 Å². The average molecular weight is 251 g/mol. The van der Waals surface area contributed by atoms with Crippen LogP contribution in [0.3, 0.4) is 0 Å². The Labute approximate surface area is 108 Å². The van der Waals surface area contributed by atoms with Gasteiger partial charge < -0.3 is 15.1 Å². The third-order valence-corrected chi connectivity index (χ3v) is 3.41. The topological polar surface area (TPSA) is 62.7 Å². The van der Waals surface area contributed by atoms with Crippen LogP contribution >= 0.6 is 0 Å². The predicted octanol–water partition coefficient (Wildman–Crippen LogP) is 0.517. The first-order valence-electron chi connectivity index (χ1n) is 6.33. The third kappa shape index (κ3) is 2.73. The van der Waals surface area contributed by atoms with Gasteiger partial charge >= 0.3 is 0 Å². The molecule has 5 heteroatoms. The van der Waals surface area contributed by atoms with Crippen molar-refractivity contribution in [1.82, 2.24) is 9.80 Å². The maximum absolute atomic E-state index is 12.4. The molecule has 0 aromatic carbocycles. The van der Waals surface area contributed by atoms with Gasteiger partial charge in [-0.15, -0.1) is 0 Å². The molecule has 0 bridgehead atoms. The summed E-state index contributed by atoms with van der Waals surface area (Å²) in [6.07, 6.45) is 1.63. The van der Waals surface area contributed by atoms with E-state index in [1.54, 1.807) is 6.26 Å². The lowest BCUT2D eigenvalue weighted by Crippen LogP contribution is -2.48. The first-order valence-corrected chi connectivity index (χ1v) is 6.33. The molecule has 5 nitrogen and oxygen atoms in total. The molecule has 1 aliphatic rings. The maximum Gasteiger partial charge on any atom is 0.241 e. The van der Waals surface area contributed by atoms with Crippen LogP contribution in [0.1, 0.15) is 12.7 Å². The van der Waals surface area contributed by atoms with Gasteiger partial charge in [-0.1, -0.05) is 6.92 Å². The Bertz CT molecular complexity index is 391. The minimum atomic E-state index is -0.218. The number of carbonyl (C=O) groups is 1. The Hall–Kier alpha value is -1.33. The number of amides is 1. The Morgan fingerprint density at radius 2 is 2.28 bits per heavy atom. The highest BCUT2D eigenvalue weighted by Crippen LogP contribution is 2.16. The van der Waals surface area contributed by atoms with Gasteiger partial charge in [0.1, 0.15) is 11.8 Å². The Kier molecular flexibility index (Phi) is 4.04. The second kappa shape index (κ2) is 5.54. The minimum Gasteiger partial charge on any atom is -0.467 e. The summed E-state index contributed by atoms with van der Waals surface area (Å²) in [6, 6.07) is 3.52. The van der Waals surface area contributed by atoms with Crippen LogP contribution in [0.2, 0.25) is 0 Å². The molecule has 1 fully saturated rings. The van der Waals surface area contributed by atoms with Gasteiger partial charge in [0.15, 0.2) is 0 Å². The Morgan fingerprint density at radius 1 is 1.50 bits per heavy atom. The summed E-state index contributed by atoms with van der Waals surface area (Å²) >= 11 is 0. The van der Waals surface area contributed by atoms with Crippen molar-refractivity contribution in [1.29, 1.82) is 0 Å². The van der Waals surface area contributed by atoms with Gasteiger partial charge in [-0.3, -0.25) is 9.69 Å². The quantitative estimate of drug-likeness (QED) is 0.850. The summed E-state index contributed by atoms with van der Waals surface area (Å²) < 4.78 is 5.32. The third-order valence-electron chi connectivity index (χ3n) is 3.41. The number of furan rings is 1. The lowest BCUT2D eigenvalue weighted by Gasteiger charge is -2.26. The molecule has 0 spiro atoms. The van der Waals surface area contributed by atoms with E-state index in [2.05, 4.69) is 11.8 Å². The molecule has 18 heavy (non-hydrogen) atoms. The monoisotopic (exact) mass is 251 g/mol. The summed E-state index contributed by atoms with van der Waals surface area (Å²) in [5, 5.41) is 0. The van der Waals surface area contributed by atoms with Crippen molar-refractivity contribution in [2.24, 2.45) is 11.7 Å². The number of nitrogens with zero attached hydrogens (tertiary/aromatic N) is 2. The summed E-state index contributed by atoms with van der Waals surface area (Å²) in [4.78, 5) is 16.3. The molecule has 0 aliphatic carbocycles. The molecule has 2 rings (SSSR count). The molecule has 2 N–H and O–H groups in total. The van der Waals surface area contributed by atoms with E-state index in [9.17, 15) is 4.79 Å². The summed E-state index contributed by atoms with van der Waals surface area (Å²) in [5.41, 5.74) is 5.72. The number of carbonyl (C=O) groups excluding carboxylic acids is 1. The molecule has 0 radical (unpaired) electrons. The van der Waals surface area contributed by atoms with Gasteiger partial charge in [-0.2, -0.15) is 0 Å². The fraction of sp³-hybridized carbons (Fsp3) is 0.615. The molecule has 1 aliphatic heterocycles. The smallest absolute Gasteiger partial charge is 0.241 e. The zero-order chi connectivity index (χ0) is 13.1. The molecule has 1 aromatic heterocycles. The van der Waals surface area contributed by atoms with Crippen molar-refractivity contribution in [3.05, 3.63) is 24.2 Å². The normalized spacial score (nSPS) is 26.4. The van der Waals surface area contributed by atoms with Gasteiger partial charge in [-0.05, 0) is 25.1 Å². The lowest BCUT2D eigenvalue weighted by atomic mass is 10.1. The van der Waals surface area contributed by atoms with E-state index in [0.717, 1.165) is 18.8 Å². The molecule has 1 amide bonds. The maximum atomic E-state index is 12.4. The summed E-state index contributed by atoms with van der Waals surface area (Å²) in [6.45, 7) is 4.68. The Morgan fingerprint density at radius 3 is 2.89 bits per heavy atom. The van der Waals surface area contributed by atoms with Gasteiger partial charge in [-0.25, -0.2) is 0 Å². The van der Waals surface area contributed by atoms with Crippen molar-refractivity contribution in [2.45, 2.75) is 19.5 Å². The molecule has 1 aromatic rings. The van der Waals surface area contributed by atoms with Crippen molar-refractivity contribution in [3.63, 3.8) is 0 Å². The molecule has 2 heterocycles. The van der Waals surface area contributed by atoms with Crippen LogP contribution in [-0.4, -0.2) is 48.4 Å². The Balaban J connectivity index is 2.14. The molecule has 1 saturated heterocycles. The first-order chi connectivity index (χ1) is 8.61. The molecule has 2 unspecified atom stereocenters. The van der Waals surface area contributed by atoms with Crippen LogP contribution in [-0.2, 0) is 11.3 Å². The highest BCUT2D eigenvalue weighted by Gasteiger charge is 2.32. The predicted molar refractivity (Wildman–Crippen MR) is 68.8 cm³/mol. The molecule has 2 atom stereocenters. The van der Waals surface area contributed by atoms with Crippen LogP contribution in [0.5, 0.6) is 0 Å². The van der Waals surface area contributed by atoms with E-state index in [4.69, 9.17) is 10.2 Å². The van der Waals surface area contributed by atoms with E-state index in [-0.39, 0.29) is 11.9 Å². The molecule has 100 valence electrons. The zero-order valence-electron chi connectivity index (χ0n) is 11.0. The van der Waals surface area contributed by atoms with Crippen molar-refractivity contribution in [2.75, 3.05) is 26.7 Å². The van der Waals surface area contributed by atoms with Crippen molar-refractivity contribution >= 4 is 5.91 Å². The van der Waals surface area contributed by atoms with E-state index in [1.807, 2.05) is 24.1 Å². The highest BCUT2D eigenvalue weighted by molar-refractivity contribution is 5.82. The SMILES string of the molecule is CC1CN(Cc2ccco2)C(=O)C(CN)N(C)C1. The van der Waals surface area contributed by atoms with Crippen LogP contribution in [0.15, 0.2) is 22.8 Å². The second-order valence-corrected chi connectivity index (χ2v) is 5.09. The van der Waals surface area contributed by atoms with Gasteiger partial charge in [0.05, 0.1) is 12.8 Å². The number of nitrogens with two attached hydrogens (primary N) is 1. The number of hydrogen-bond donors (Lipinski definition) is 1. The fourth-order valence-electron chi connectivity index (χ4n) is 2.56. The largest absolute Gasteiger partial charge is 0.467 e. The lowest BCUT2D eigenvalue weighted by molar-refractivity contribution is -0.135. The fourth-order valence-corrected chi connectivity index (χ4v) is 2.56.